The van der Waals surface area contributed by atoms with Crippen LogP contribution in [-0.4, -0.2) is 10.8 Å². The van der Waals surface area contributed by atoms with Gasteiger partial charge in [-0.25, -0.2) is 0 Å². The first-order valence-corrected chi connectivity index (χ1v) is 5.20. The quantitative estimate of drug-likeness (QED) is 0.680. The topological polar surface area (TPSA) is 30.0 Å². The van der Waals surface area contributed by atoms with E-state index in [1.807, 2.05) is 12.3 Å². The summed E-state index contributed by atoms with van der Waals surface area (Å²) < 4.78 is 0. The monoisotopic (exact) mass is 189 g/mol. The Kier molecular flexibility index (Phi) is 2.36. The van der Waals surface area contributed by atoms with Crippen LogP contribution in [-0.2, 0) is 6.42 Å². The fraction of sp³-hybridized carbons (Fsp3) is 0.500. The Morgan fingerprint density at radius 3 is 2.86 bits per heavy atom. The third kappa shape index (κ3) is 1.57. The number of fused-ring (bicyclic) bond motifs is 1. The van der Waals surface area contributed by atoms with Gasteiger partial charge in [0, 0.05) is 18.2 Å². The molecule has 0 fully saturated rings. The molecule has 1 aromatic rings. The summed E-state index contributed by atoms with van der Waals surface area (Å²) in [6.07, 6.45) is 4.51. The zero-order valence-corrected chi connectivity index (χ0v) is 8.71. The van der Waals surface area contributed by atoms with E-state index in [0.717, 1.165) is 24.1 Å². The second kappa shape index (κ2) is 3.52. The number of nitrogens with zero attached hydrogens (tertiary/aromatic N) is 1. The number of hydrogen-bond donors (Lipinski definition) is 0. The van der Waals surface area contributed by atoms with Crippen LogP contribution in [0, 0.1) is 0 Å². The van der Waals surface area contributed by atoms with Crippen molar-refractivity contribution in [3.63, 3.8) is 0 Å². The standard InChI is InChI=1S/C12H15NO/c1-8(2)9-6-10-11(13-7-9)4-3-5-12(10)14/h6-8H,3-5H2,1-2H3. The molecule has 1 aliphatic rings. The number of carbonyl (C=O) groups is 1. The third-order valence-electron chi connectivity index (χ3n) is 2.78. The lowest BCUT2D eigenvalue weighted by Gasteiger charge is -2.15. The maximum absolute atomic E-state index is 11.6. The van der Waals surface area contributed by atoms with Gasteiger partial charge in [-0.3, -0.25) is 9.78 Å². The molecule has 1 aromatic heterocycles. The summed E-state index contributed by atoms with van der Waals surface area (Å²) in [7, 11) is 0. The number of aryl methyl sites for hydroxylation is 1. The van der Waals surface area contributed by atoms with Crippen LogP contribution in [0.4, 0.5) is 0 Å². The van der Waals surface area contributed by atoms with E-state index in [-0.39, 0.29) is 5.78 Å². The Hall–Kier alpha value is -1.18. The molecule has 14 heavy (non-hydrogen) atoms. The van der Waals surface area contributed by atoms with Crippen LogP contribution in [0.3, 0.4) is 0 Å². The van der Waals surface area contributed by atoms with Gasteiger partial charge in [0.1, 0.15) is 0 Å². The molecule has 0 N–H and O–H groups in total. The van der Waals surface area contributed by atoms with Gasteiger partial charge >= 0.3 is 0 Å². The average Bonchev–Trinajstić information content (AvgIpc) is 2.18. The van der Waals surface area contributed by atoms with Crippen LogP contribution in [0.2, 0.25) is 0 Å². The molecule has 0 radical (unpaired) electrons. The predicted molar refractivity (Wildman–Crippen MR) is 55.6 cm³/mol. The van der Waals surface area contributed by atoms with E-state index in [1.54, 1.807) is 0 Å². The molecular formula is C12H15NO. The van der Waals surface area contributed by atoms with Gasteiger partial charge < -0.3 is 0 Å². The van der Waals surface area contributed by atoms with Crippen molar-refractivity contribution in [2.45, 2.75) is 39.0 Å². The van der Waals surface area contributed by atoms with Crippen molar-refractivity contribution in [1.82, 2.24) is 4.98 Å². The summed E-state index contributed by atoms with van der Waals surface area (Å²) in [6, 6.07) is 2.02. The van der Waals surface area contributed by atoms with E-state index >= 15 is 0 Å². The first kappa shape index (κ1) is 9.38. The van der Waals surface area contributed by atoms with Gasteiger partial charge in [0.15, 0.2) is 5.78 Å². The van der Waals surface area contributed by atoms with Gasteiger partial charge in [0.05, 0.1) is 5.69 Å². The minimum Gasteiger partial charge on any atom is -0.294 e. The summed E-state index contributed by atoms with van der Waals surface area (Å²) in [5.41, 5.74) is 3.02. The third-order valence-corrected chi connectivity index (χ3v) is 2.78. The molecule has 74 valence electrons. The van der Waals surface area contributed by atoms with Crippen molar-refractivity contribution in [2.75, 3.05) is 0 Å². The Balaban J connectivity index is 2.46. The molecule has 0 amide bonds. The molecule has 1 aliphatic carbocycles. The second-order valence-corrected chi connectivity index (χ2v) is 4.19. The largest absolute Gasteiger partial charge is 0.294 e. The van der Waals surface area contributed by atoms with Crippen LogP contribution in [0.5, 0.6) is 0 Å². The maximum Gasteiger partial charge on any atom is 0.164 e. The van der Waals surface area contributed by atoms with Crippen molar-refractivity contribution < 1.29 is 4.79 Å². The lowest BCUT2D eigenvalue weighted by atomic mass is 9.92. The summed E-state index contributed by atoms with van der Waals surface area (Å²) >= 11 is 0. The number of hydrogen-bond acceptors (Lipinski definition) is 2. The molecule has 0 spiro atoms. The molecule has 1 heterocycles. The highest BCUT2D eigenvalue weighted by Gasteiger charge is 2.18. The van der Waals surface area contributed by atoms with Crippen molar-refractivity contribution in [3.8, 4) is 0 Å². The van der Waals surface area contributed by atoms with Crippen LogP contribution in [0.1, 0.15) is 54.2 Å². The molecule has 2 heteroatoms. The average molecular weight is 189 g/mol. The highest BCUT2D eigenvalue weighted by Crippen LogP contribution is 2.23. The fourth-order valence-electron chi connectivity index (χ4n) is 1.82. The van der Waals surface area contributed by atoms with E-state index < -0.39 is 0 Å². The normalized spacial score (nSPS) is 15.8. The Morgan fingerprint density at radius 1 is 1.36 bits per heavy atom. The van der Waals surface area contributed by atoms with Gasteiger partial charge in [-0.1, -0.05) is 13.8 Å². The number of pyridine rings is 1. The molecule has 0 unspecified atom stereocenters. The molecule has 0 saturated carbocycles. The van der Waals surface area contributed by atoms with Gasteiger partial charge in [0.2, 0.25) is 0 Å². The molecule has 0 saturated heterocycles. The lowest BCUT2D eigenvalue weighted by Crippen LogP contribution is -2.13. The van der Waals surface area contributed by atoms with Crippen molar-refractivity contribution >= 4 is 5.78 Å². The molecule has 2 nitrogen and oxygen atoms in total. The van der Waals surface area contributed by atoms with Gasteiger partial charge in [0.25, 0.3) is 0 Å². The smallest absolute Gasteiger partial charge is 0.164 e. The van der Waals surface area contributed by atoms with Crippen LogP contribution >= 0.6 is 0 Å². The van der Waals surface area contributed by atoms with Crippen molar-refractivity contribution in [2.24, 2.45) is 0 Å². The first-order chi connectivity index (χ1) is 6.68. The number of rotatable bonds is 1. The summed E-state index contributed by atoms with van der Waals surface area (Å²) in [6.45, 7) is 4.24. The van der Waals surface area contributed by atoms with E-state index in [1.165, 1.54) is 5.56 Å². The number of Topliss-reactive ketones (excluding diaryl/α,β-unsaturated/α-hetero) is 1. The van der Waals surface area contributed by atoms with E-state index in [4.69, 9.17) is 0 Å². The Labute approximate surface area is 84.4 Å². The summed E-state index contributed by atoms with van der Waals surface area (Å²) in [5, 5.41) is 0. The maximum atomic E-state index is 11.6. The van der Waals surface area contributed by atoms with E-state index in [9.17, 15) is 4.79 Å². The Bertz CT molecular complexity index is 369. The van der Waals surface area contributed by atoms with E-state index in [2.05, 4.69) is 18.8 Å². The number of ketones is 1. The SMILES string of the molecule is CC(C)c1cnc2c(c1)C(=O)CCC2. The van der Waals surface area contributed by atoms with Crippen LogP contribution < -0.4 is 0 Å². The molecule has 0 bridgehead atoms. The second-order valence-electron chi connectivity index (χ2n) is 4.19. The van der Waals surface area contributed by atoms with E-state index in [0.29, 0.717) is 12.3 Å². The minimum atomic E-state index is 0.265. The van der Waals surface area contributed by atoms with Crippen molar-refractivity contribution in [3.05, 3.63) is 29.1 Å². The van der Waals surface area contributed by atoms with Gasteiger partial charge in [-0.05, 0) is 30.4 Å². The zero-order chi connectivity index (χ0) is 10.1. The fourth-order valence-corrected chi connectivity index (χ4v) is 1.82. The molecule has 0 aromatic carbocycles. The number of aromatic nitrogens is 1. The molecule has 0 aliphatic heterocycles. The molecule has 2 rings (SSSR count). The lowest BCUT2D eigenvalue weighted by molar-refractivity contribution is 0.0971. The zero-order valence-electron chi connectivity index (χ0n) is 8.71. The van der Waals surface area contributed by atoms with Gasteiger partial charge in [-0.15, -0.1) is 0 Å². The predicted octanol–water partition coefficient (Wildman–Crippen LogP) is 2.72. The summed E-state index contributed by atoms with van der Waals surface area (Å²) in [5.74, 6) is 0.712. The molecular weight excluding hydrogens is 174 g/mol. The van der Waals surface area contributed by atoms with Crippen LogP contribution in [0.15, 0.2) is 12.3 Å². The summed E-state index contributed by atoms with van der Waals surface area (Å²) in [4.78, 5) is 16.0. The van der Waals surface area contributed by atoms with Crippen molar-refractivity contribution in [1.29, 1.82) is 0 Å². The minimum absolute atomic E-state index is 0.265. The Morgan fingerprint density at radius 2 is 2.14 bits per heavy atom. The van der Waals surface area contributed by atoms with Crippen LogP contribution in [0.25, 0.3) is 0 Å². The first-order valence-electron chi connectivity index (χ1n) is 5.20. The van der Waals surface area contributed by atoms with Gasteiger partial charge in [-0.2, -0.15) is 0 Å². The number of carbonyl (C=O) groups excluding carboxylic acids is 1. The molecule has 0 atom stereocenters. The highest BCUT2D eigenvalue weighted by atomic mass is 16.1. The highest BCUT2D eigenvalue weighted by molar-refractivity contribution is 5.98.